The molecule has 2 fully saturated rings. The van der Waals surface area contributed by atoms with Crippen molar-refractivity contribution in [2.45, 2.75) is 35.7 Å². The molecular formula is C17H20N4O2S. The van der Waals surface area contributed by atoms with E-state index in [0.717, 1.165) is 44.7 Å². The summed E-state index contributed by atoms with van der Waals surface area (Å²) >= 11 is 1.48. The molecule has 1 amide bonds. The molecule has 0 bridgehead atoms. The molecular weight excluding hydrogens is 324 g/mol. The van der Waals surface area contributed by atoms with Gasteiger partial charge in [0, 0.05) is 25.8 Å². The number of ether oxygens (including phenoxy) is 1. The molecule has 2 aliphatic rings. The van der Waals surface area contributed by atoms with Gasteiger partial charge in [0.05, 0.1) is 10.9 Å². The normalized spacial score (nSPS) is 22.2. The van der Waals surface area contributed by atoms with Gasteiger partial charge in [0.1, 0.15) is 6.33 Å². The summed E-state index contributed by atoms with van der Waals surface area (Å²) in [6.45, 7) is 2.35. The molecule has 24 heavy (non-hydrogen) atoms. The van der Waals surface area contributed by atoms with Gasteiger partial charge in [-0.1, -0.05) is 30.0 Å². The van der Waals surface area contributed by atoms with Crippen LogP contribution in [0, 0.1) is 0 Å². The number of benzene rings is 1. The van der Waals surface area contributed by atoms with E-state index < -0.39 is 0 Å². The van der Waals surface area contributed by atoms with Crippen molar-refractivity contribution in [1.82, 2.24) is 19.7 Å². The van der Waals surface area contributed by atoms with E-state index in [4.69, 9.17) is 4.74 Å². The van der Waals surface area contributed by atoms with E-state index >= 15 is 0 Å². The second-order valence-corrected chi connectivity index (χ2v) is 7.25. The Morgan fingerprint density at radius 1 is 1.12 bits per heavy atom. The van der Waals surface area contributed by atoms with Crippen LogP contribution in [-0.4, -0.2) is 56.6 Å². The van der Waals surface area contributed by atoms with E-state index in [0.29, 0.717) is 11.2 Å². The van der Waals surface area contributed by atoms with Crippen molar-refractivity contribution in [2.75, 3.05) is 19.8 Å². The van der Waals surface area contributed by atoms with E-state index in [1.54, 1.807) is 11.0 Å². The molecule has 2 aliphatic heterocycles. The average molecular weight is 344 g/mol. The zero-order valence-electron chi connectivity index (χ0n) is 13.4. The molecule has 3 heterocycles. The van der Waals surface area contributed by atoms with Gasteiger partial charge in [0.15, 0.2) is 0 Å². The number of thioether (sulfide) groups is 1. The van der Waals surface area contributed by atoms with Crippen molar-refractivity contribution < 1.29 is 9.53 Å². The molecule has 1 aromatic carbocycles. The Labute approximate surface area is 145 Å². The summed E-state index contributed by atoms with van der Waals surface area (Å²) < 4.78 is 7.14. The maximum Gasteiger partial charge on any atom is 0.236 e. The quantitative estimate of drug-likeness (QED) is 0.850. The second kappa shape index (κ2) is 6.94. The maximum absolute atomic E-state index is 12.7. The first-order valence-electron chi connectivity index (χ1n) is 8.33. The van der Waals surface area contributed by atoms with Gasteiger partial charge >= 0.3 is 0 Å². The molecule has 2 aromatic rings. The number of rotatable bonds is 4. The first-order valence-corrected chi connectivity index (χ1v) is 9.21. The lowest BCUT2D eigenvalue weighted by atomic mass is 10.1. The van der Waals surface area contributed by atoms with Crippen LogP contribution in [0.15, 0.2) is 41.8 Å². The zero-order valence-corrected chi connectivity index (χ0v) is 14.2. The van der Waals surface area contributed by atoms with Gasteiger partial charge in [-0.25, -0.2) is 9.67 Å². The van der Waals surface area contributed by atoms with Crippen molar-refractivity contribution in [3.05, 3.63) is 36.7 Å². The van der Waals surface area contributed by atoms with Crippen LogP contribution < -0.4 is 0 Å². The predicted molar refractivity (Wildman–Crippen MR) is 91.2 cm³/mol. The molecule has 0 saturated carbocycles. The number of hydrogen-bond acceptors (Lipinski definition) is 5. The Morgan fingerprint density at radius 3 is 2.71 bits per heavy atom. The SMILES string of the molecule is O=C1C(Sc2ncn(-c3ccccc3)n2)CCN1C1CCOCC1. The minimum Gasteiger partial charge on any atom is -0.381 e. The third-order valence-corrected chi connectivity index (χ3v) is 5.68. The van der Waals surface area contributed by atoms with Crippen LogP contribution in [-0.2, 0) is 9.53 Å². The highest BCUT2D eigenvalue weighted by molar-refractivity contribution is 8.00. The smallest absolute Gasteiger partial charge is 0.236 e. The zero-order chi connectivity index (χ0) is 16.4. The molecule has 0 spiro atoms. The number of hydrogen-bond donors (Lipinski definition) is 0. The second-order valence-electron chi connectivity index (χ2n) is 6.08. The Bertz CT molecular complexity index is 700. The predicted octanol–water partition coefficient (Wildman–Crippen LogP) is 2.14. The third-order valence-electron chi connectivity index (χ3n) is 4.56. The van der Waals surface area contributed by atoms with Gasteiger partial charge in [0.2, 0.25) is 11.1 Å². The summed E-state index contributed by atoms with van der Waals surface area (Å²) in [6, 6.07) is 10.2. The van der Waals surface area contributed by atoms with Crippen LogP contribution in [0.3, 0.4) is 0 Å². The van der Waals surface area contributed by atoms with Crippen molar-refractivity contribution in [3.8, 4) is 5.69 Å². The molecule has 2 saturated heterocycles. The molecule has 0 N–H and O–H groups in total. The van der Waals surface area contributed by atoms with Gasteiger partial charge in [-0.15, -0.1) is 5.10 Å². The Kier molecular flexibility index (Phi) is 4.53. The first-order chi connectivity index (χ1) is 11.8. The number of nitrogens with zero attached hydrogens (tertiary/aromatic N) is 4. The largest absolute Gasteiger partial charge is 0.381 e. The van der Waals surface area contributed by atoms with Gasteiger partial charge in [-0.3, -0.25) is 4.79 Å². The highest BCUT2D eigenvalue weighted by Crippen LogP contribution is 2.31. The van der Waals surface area contributed by atoms with Gasteiger partial charge < -0.3 is 9.64 Å². The average Bonchev–Trinajstić information content (AvgIpc) is 3.25. The summed E-state index contributed by atoms with van der Waals surface area (Å²) in [6.07, 6.45) is 4.46. The van der Waals surface area contributed by atoms with Crippen LogP contribution in [0.4, 0.5) is 0 Å². The fourth-order valence-electron chi connectivity index (χ4n) is 3.28. The van der Waals surface area contributed by atoms with E-state index in [1.165, 1.54) is 11.8 Å². The Balaban J connectivity index is 1.41. The molecule has 7 heteroatoms. The molecule has 1 atom stereocenters. The maximum atomic E-state index is 12.7. The summed E-state index contributed by atoms with van der Waals surface area (Å²) in [5, 5.41) is 5.08. The summed E-state index contributed by atoms with van der Waals surface area (Å²) in [5.74, 6) is 0.225. The lowest BCUT2D eigenvalue weighted by molar-refractivity contribution is -0.130. The molecule has 6 nitrogen and oxygen atoms in total. The van der Waals surface area contributed by atoms with Crippen LogP contribution in [0.25, 0.3) is 5.69 Å². The van der Waals surface area contributed by atoms with Crippen LogP contribution in [0.5, 0.6) is 0 Å². The minimum atomic E-state index is -0.0699. The fourth-order valence-corrected chi connectivity index (χ4v) is 4.23. The standard InChI is InChI=1S/C17H20N4O2S/c22-16-15(6-9-20(16)13-7-10-23-11-8-13)24-17-18-12-21(19-17)14-4-2-1-3-5-14/h1-5,12-13,15H,6-11H2. The molecule has 4 rings (SSSR count). The van der Waals surface area contributed by atoms with E-state index in [1.807, 2.05) is 35.2 Å². The Morgan fingerprint density at radius 2 is 1.92 bits per heavy atom. The van der Waals surface area contributed by atoms with Crippen LogP contribution in [0.2, 0.25) is 0 Å². The molecule has 126 valence electrons. The van der Waals surface area contributed by atoms with Crippen molar-refractivity contribution in [2.24, 2.45) is 0 Å². The summed E-state index contributed by atoms with van der Waals surface area (Å²) in [4.78, 5) is 19.1. The van der Waals surface area contributed by atoms with Crippen molar-refractivity contribution >= 4 is 17.7 Å². The number of aromatic nitrogens is 3. The van der Waals surface area contributed by atoms with Crippen molar-refractivity contribution in [3.63, 3.8) is 0 Å². The highest BCUT2D eigenvalue weighted by Gasteiger charge is 2.37. The van der Waals surface area contributed by atoms with Crippen molar-refractivity contribution in [1.29, 1.82) is 0 Å². The number of para-hydroxylation sites is 1. The summed E-state index contributed by atoms with van der Waals surface area (Å²) in [5.41, 5.74) is 0.971. The lowest BCUT2D eigenvalue weighted by Crippen LogP contribution is -2.41. The van der Waals surface area contributed by atoms with Crippen LogP contribution >= 0.6 is 11.8 Å². The number of likely N-dealkylation sites (tertiary alicyclic amines) is 1. The molecule has 0 radical (unpaired) electrons. The number of amides is 1. The van der Waals surface area contributed by atoms with Gasteiger partial charge in [0.25, 0.3) is 0 Å². The fraction of sp³-hybridized carbons (Fsp3) is 0.471. The number of carbonyl (C=O) groups is 1. The van der Waals surface area contributed by atoms with E-state index in [-0.39, 0.29) is 11.2 Å². The number of carbonyl (C=O) groups excluding carboxylic acids is 1. The van der Waals surface area contributed by atoms with Gasteiger partial charge in [-0.05, 0) is 31.4 Å². The molecule has 1 unspecified atom stereocenters. The molecule has 0 aliphatic carbocycles. The van der Waals surface area contributed by atoms with E-state index in [2.05, 4.69) is 10.1 Å². The van der Waals surface area contributed by atoms with E-state index in [9.17, 15) is 4.79 Å². The molecule has 1 aromatic heterocycles. The third kappa shape index (κ3) is 3.18. The first kappa shape index (κ1) is 15.7. The summed E-state index contributed by atoms with van der Waals surface area (Å²) in [7, 11) is 0. The Hall–Kier alpha value is -1.86. The minimum absolute atomic E-state index is 0.0699. The topological polar surface area (TPSA) is 60.2 Å². The van der Waals surface area contributed by atoms with Crippen LogP contribution in [0.1, 0.15) is 19.3 Å². The monoisotopic (exact) mass is 344 g/mol. The lowest BCUT2D eigenvalue weighted by Gasteiger charge is -2.31. The highest BCUT2D eigenvalue weighted by atomic mass is 32.2. The van der Waals surface area contributed by atoms with Gasteiger partial charge in [-0.2, -0.15) is 0 Å².